The molecule has 0 aliphatic carbocycles. The number of rotatable bonds is 12. The quantitative estimate of drug-likeness (QED) is 0.332. The van der Waals surface area contributed by atoms with E-state index in [1.54, 1.807) is 48.5 Å². The summed E-state index contributed by atoms with van der Waals surface area (Å²) in [4.78, 5) is 28.8. The number of benzene rings is 3. The van der Waals surface area contributed by atoms with Gasteiger partial charge in [0.25, 0.3) is 0 Å². The van der Waals surface area contributed by atoms with E-state index in [4.69, 9.17) is 23.2 Å². The molecule has 0 aliphatic rings. The number of amides is 2. The highest BCUT2D eigenvalue weighted by molar-refractivity contribution is 7.92. The third-order valence-electron chi connectivity index (χ3n) is 5.88. The first-order valence-electron chi connectivity index (χ1n) is 12.2. The van der Waals surface area contributed by atoms with Crippen LogP contribution in [0, 0.1) is 0 Å². The van der Waals surface area contributed by atoms with E-state index in [9.17, 15) is 18.0 Å². The number of hydrogen-bond donors (Lipinski definition) is 1. The zero-order chi connectivity index (χ0) is 27.7. The molecule has 0 spiro atoms. The van der Waals surface area contributed by atoms with Gasteiger partial charge in [-0.25, -0.2) is 8.42 Å². The molecule has 3 rings (SSSR count). The second-order valence-electron chi connectivity index (χ2n) is 8.87. The average molecular weight is 577 g/mol. The summed E-state index contributed by atoms with van der Waals surface area (Å²) in [5.41, 5.74) is 1.87. The predicted octanol–water partition coefficient (Wildman–Crippen LogP) is 4.93. The molecule has 2 amide bonds. The number of hydrogen-bond acceptors (Lipinski definition) is 4. The summed E-state index contributed by atoms with van der Waals surface area (Å²) in [5, 5.41) is 3.57. The van der Waals surface area contributed by atoms with Crippen LogP contribution in [0.15, 0.2) is 78.9 Å². The molecule has 0 aliphatic heterocycles. The van der Waals surface area contributed by atoms with Crippen molar-refractivity contribution in [1.29, 1.82) is 0 Å². The molecule has 3 aromatic carbocycles. The van der Waals surface area contributed by atoms with E-state index >= 15 is 0 Å². The van der Waals surface area contributed by atoms with Crippen molar-refractivity contribution in [2.24, 2.45) is 0 Å². The minimum Gasteiger partial charge on any atom is -0.354 e. The first-order valence-corrected chi connectivity index (χ1v) is 14.8. The van der Waals surface area contributed by atoms with Crippen LogP contribution in [-0.4, -0.2) is 50.5 Å². The molecule has 7 nitrogen and oxygen atoms in total. The molecule has 0 saturated heterocycles. The Labute approximate surface area is 234 Å². The molecule has 0 heterocycles. The number of para-hydroxylation sites is 1. The van der Waals surface area contributed by atoms with Gasteiger partial charge in [-0.1, -0.05) is 84.7 Å². The third-order valence-corrected chi connectivity index (χ3v) is 7.76. The van der Waals surface area contributed by atoms with Gasteiger partial charge in [-0.05, 0) is 41.8 Å². The molecule has 0 fully saturated rings. The Hall–Kier alpha value is -3.07. The Kier molecular flexibility index (Phi) is 10.6. The standard InChI is InChI=1S/C28H31Cl2N3O4S/c1-3-16-31-28(35)26(18-21-10-6-4-7-11-21)32(19-22-14-15-24(29)25(30)17-22)27(34)20-33(38(2,36)37)23-12-8-5-9-13-23/h4-15,17,26H,3,16,18-20H2,1-2H3,(H,31,35)/t26-/m0/s1. The molecule has 10 heteroatoms. The summed E-state index contributed by atoms with van der Waals surface area (Å²) in [5.74, 6) is -0.854. The van der Waals surface area contributed by atoms with Crippen molar-refractivity contribution in [1.82, 2.24) is 10.2 Å². The smallest absolute Gasteiger partial charge is 0.244 e. The van der Waals surface area contributed by atoms with Gasteiger partial charge in [0.05, 0.1) is 22.0 Å². The lowest BCUT2D eigenvalue weighted by atomic mass is 10.0. The molecule has 0 aromatic heterocycles. The van der Waals surface area contributed by atoms with E-state index in [0.717, 1.165) is 22.5 Å². The molecule has 0 unspecified atom stereocenters. The number of sulfonamides is 1. The maximum absolute atomic E-state index is 13.9. The van der Waals surface area contributed by atoms with Crippen LogP contribution in [0.2, 0.25) is 10.0 Å². The van der Waals surface area contributed by atoms with Gasteiger partial charge < -0.3 is 10.2 Å². The fourth-order valence-electron chi connectivity index (χ4n) is 3.96. The van der Waals surface area contributed by atoms with Crippen molar-refractivity contribution in [2.45, 2.75) is 32.4 Å². The molecule has 0 bridgehead atoms. The monoisotopic (exact) mass is 575 g/mol. The first-order chi connectivity index (χ1) is 18.1. The molecule has 1 N–H and O–H groups in total. The second-order valence-corrected chi connectivity index (χ2v) is 11.6. The Morgan fingerprint density at radius 3 is 2.11 bits per heavy atom. The van der Waals surface area contributed by atoms with E-state index in [0.29, 0.717) is 27.8 Å². The van der Waals surface area contributed by atoms with Crippen molar-refractivity contribution < 1.29 is 18.0 Å². The van der Waals surface area contributed by atoms with Crippen molar-refractivity contribution in [2.75, 3.05) is 23.7 Å². The molecule has 38 heavy (non-hydrogen) atoms. The summed E-state index contributed by atoms with van der Waals surface area (Å²) < 4.78 is 26.5. The van der Waals surface area contributed by atoms with E-state index in [1.165, 1.54) is 4.90 Å². The largest absolute Gasteiger partial charge is 0.354 e. The number of anilines is 1. The van der Waals surface area contributed by atoms with E-state index in [-0.39, 0.29) is 18.9 Å². The van der Waals surface area contributed by atoms with Gasteiger partial charge in [0.15, 0.2) is 0 Å². The van der Waals surface area contributed by atoms with Crippen molar-refractivity contribution >= 4 is 50.7 Å². The topological polar surface area (TPSA) is 86.8 Å². The lowest BCUT2D eigenvalue weighted by molar-refractivity contribution is -0.140. The van der Waals surface area contributed by atoms with Gasteiger partial charge in [-0.15, -0.1) is 0 Å². The van der Waals surface area contributed by atoms with Crippen LogP contribution in [0.4, 0.5) is 5.69 Å². The van der Waals surface area contributed by atoms with Crippen molar-refractivity contribution in [3.63, 3.8) is 0 Å². The Morgan fingerprint density at radius 2 is 1.53 bits per heavy atom. The van der Waals surface area contributed by atoms with Crippen molar-refractivity contribution in [3.05, 3.63) is 100 Å². The molecular weight excluding hydrogens is 545 g/mol. The van der Waals surface area contributed by atoms with Gasteiger partial charge in [0.1, 0.15) is 12.6 Å². The van der Waals surface area contributed by atoms with Crippen LogP contribution in [0.1, 0.15) is 24.5 Å². The predicted molar refractivity (Wildman–Crippen MR) is 153 cm³/mol. The summed E-state index contributed by atoms with van der Waals surface area (Å²) >= 11 is 12.3. The maximum Gasteiger partial charge on any atom is 0.244 e. The maximum atomic E-state index is 13.9. The Bertz CT molecular complexity index is 1340. The molecule has 1 atom stereocenters. The van der Waals surface area contributed by atoms with E-state index < -0.39 is 28.5 Å². The van der Waals surface area contributed by atoms with Crippen molar-refractivity contribution in [3.8, 4) is 0 Å². The zero-order valence-corrected chi connectivity index (χ0v) is 23.6. The zero-order valence-electron chi connectivity index (χ0n) is 21.3. The Morgan fingerprint density at radius 1 is 0.895 bits per heavy atom. The summed E-state index contributed by atoms with van der Waals surface area (Å²) in [6.07, 6.45) is 2.01. The number of nitrogens with one attached hydrogen (secondary N) is 1. The minimum absolute atomic E-state index is 0.0269. The summed E-state index contributed by atoms with van der Waals surface area (Å²) in [7, 11) is -3.80. The van der Waals surface area contributed by atoms with Crippen LogP contribution in [0.5, 0.6) is 0 Å². The molecule has 0 radical (unpaired) electrons. The van der Waals surface area contributed by atoms with E-state index in [1.807, 2.05) is 37.3 Å². The molecular formula is C28H31Cl2N3O4S. The van der Waals surface area contributed by atoms with Gasteiger partial charge >= 0.3 is 0 Å². The number of halogens is 2. The lowest BCUT2D eigenvalue weighted by Crippen LogP contribution is -2.53. The SMILES string of the molecule is CCCNC(=O)[C@H](Cc1ccccc1)N(Cc1ccc(Cl)c(Cl)c1)C(=O)CN(c1ccccc1)S(C)(=O)=O. The van der Waals surface area contributed by atoms with Crippen LogP contribution in [-0.2, 0) is 32.6 Å². The first kappa shape index (κ1) is 29.5. The highest BCUT2D eigenvalue weighted by atomic mass is 35.5. The van der Waals surface area contributed by atoms with Gasteiger partial charge in [-0.3, -0.25) is 13.9 Å². The number of nitrogens with zero attached hydrogens (tertiary/aromatic N) is 2. The van der Waals surface area contributed by atoms with Crippen LogP contribution < -0.4 is 9.62 Å². The molecule has 0 saturated carbocycles. The van der Waals surface area contributed by atoms with Gasteiger partial charge in [0.2, 0.25) is 21.8 Å². The highest BCUT2D eigenvalue weighted by Crippen LogP contribution is 2.25. The minimum atomic E-state index is -3.80. The molecule has 202 valence electrons. The molecule has 3 aromatic rings. The normalized spacial score (nSPS) is 12.0. The van der Waals surface area contributed by atoms with Gasteiger partial charge in [0, 0.05) is 19.5 Å². The van der Waals surface area contributed by atoms with Gasteiger partial charge in [-0.2, -0.15) is 0 Å². The fraction of sp³-hybridized carbons (Fsp3) is 0.286. The lowest BCUT2D eigenvalue weighted by Gasteiger charge is -2.33. The second kappa shape index (κ2) is 13.6. The van der Waals surface area contributed by atoms with Crippen LogP contribution in [0.25, 0.3) is 0 Å². The summed E-state index contributed by atoms with van der Waals surface area (Å²) in [6, 6.07) is 21.8. The fourth-order valence-corrected chi connectivity index (χ4v) is 5.13. The van der Waals surface area contributed by atoms with Crippen LogP contribution in [0.3, 0.4) is 0 Å². The third kappa shape index (κ3) is 8.21. The number of carbonyl (C=O) groups excluding carboxylic acids is 2. The number of carbonyl (C=O) groups is 2. The average Bonchev–Trinajstić information content (AvgIpc) is 2.90. The van der Waals surface area contributed by atoms with E-state index in [2.05, 4.69) is 5.32 Å². The Balaban J connectivity index is 2.04. The van der Waals surface area contributed by atoms with Crippen LogP contribution >= 0.6 is 23.2 Å². The highest BCUT2D eigenvalue weighted by Gasteiger charge is 2.33. The summed E-state index contributed by atoms with van der Waals surface area (Å²) in [6.45, 7) is 1.93.